The highest BCUT2D eigenvalue weighted by atomic mass is 79.9. The molecule has 1 aromatic carbocycles. The summed E-state index contributed by atoms with van der Waals surface area (Å²) in [6.45, 7) is 6.84. The van der Waals surface area contributed by atoms with Gasteiger partial charge in [-0.3, -0.25) is 4.79 Å². The minimum absolute atomic E-state index is 0.00963. The molecule has 0 aromatic heterocycles. The molecule has 4 aliphatic carbocycles. The maximum Gasteiger partial charge on any atom is 0.255 e. The highest BCUT2D eigenvalue weighted by molar-refractivity contribution is 9.10. The van der Waals surface area contributed by atoms with Gasteiger partial charge in [0, 0.05) is 10.0 Å². The molecule has 0 saturated heterocycles. The number of nitrogens with one attached hydrogen (secondary N) is 1. The Morgan fingerprint density at radius 2 is 1.80 bits per heavy atom. The van der Waals surface area contributed by atoms with Crippen LogP contribution < -0.4 is 10.1 Å². The molecule has 5 rings (SSSR count). The van der Waals surface area contributed by atoms with Gasteiger partial charge in [-0.05, 0) is 79.9 Å². The van der Waals surface area contributed by atoms with E-state index in [9.17, 15) is 4.79 Å². The van der Waals surface area contributed by atoms with E-state index in [4.69, 9.17) is 4.74 Å². The molecule has 0 radical (unpaired) electrons. The SMILES string of the molecule is COc1c(C)cc(Br)cc1C(=O)NC12CC3C[C@](C)(C1)C[C@](C)(C3)C2. The van der Waals surface area contributed by atoms with Crippen molar-refractivity contribution >= 4 is 21.8 Å². The normalized spacial score (nSPS) is 38.7. The van der Waals surface area contributed by atoms with Gasteiger partial charge in [0.05, 0.1) is 12.7 Å². The van der Waals surface area contributed by atoms with Crippen molar-refractivity contribution < 1.29 is 9.53 Å². The summed E-state index contributed by atoms with van der Waals surface area (Å²) in [7, 11) is 1.64. The number of rotatable bonds is 3. The first kappa shape index (κ1) is 17.4. The van der Waals surface area contributed by atoms with Crippen molar-refractivity contribution in [1.82, 2.24) is 5.32 Å². The molecule has 25 heavy (non-hydrogen) atoms. The number of halogens is 1. The second kappa shape index (κ2) is 5.48. The van der Waals surface area contributed by atoms with E-state index in [0.717, 1.165) is 35.2 Å². The van der Waals surface area contributed by atoms with Gasteiger partial charge in [-0.2, -0.15) is 0 Å². The lowest BCUT2D eigenvalue weighted by Gasteiger charge is -2.65. The second-order valence-electron chi connectivity index (χ2n) is 9.67. The number of hydrogen-bond donors (Lipinski definition) is 1. The molecule has 4 saturated carbocycles. The minimum atomic E-state index is -0.0404. The first-order chi connectivity index (χ1) is 11.6. The molecule has 1 N–H and O–H groups in total. The van der Waals surface area contributed by atoms with E-state index >= 15 is 0 Å². The molecular weight excluding hydrogens is 378 g/mol. The number of benzene rings is 1. The molecule has 0 aliphatic heterocycles. The fourth-order valence-electron chi connectivity index (χ4n) is 7.06. The predicted octanol–water partition coefficient (Wildman–Crippen LogP) is 5.24. The van der Waals surface area contributed by atoms with Gasteiger partial charge in [-0.15, -0.1) is 0 Å². The lowest BCUT2D eigenvalue weighted by Crippen LogP contribution is -2.65. The largest absolute Gasteiger partial charge is 0.496 e. The van der Waals surface area contributed by atoms with Crippen molar-refractivity contribution in [2.45, 2.75) is 64.8 Å². The van der Waals surface area contributed by atoms with Crippen LogP contribution in [-0.2, 0) is 0 Å². The van der Waals surface area contributed by atoms with Crippen LogP contribution in [-0.4, -0.2) is 18.6 Å². The zero-order valence-corrected chi connectivity index (χ0v) is 17.3. The van der Waals surface area contributed by atoms with Crippen molar-refractivity contribution in [2.24, 2.45) is 16.7 Å². The monoisotopic (exact) mass is 405 g/mol. The van der Waals surface area contributed by atoms with Gasteiger partial charge in [0.25, 0.3) is 5.91 Å². The standard InChI is InChI=1S/C21H28BrNO2/c1-13-5-15(22)6-16(17(13)25-4)18(24)23-21-9-14-7-19(2,11-21)10-20(3,8-14)12-21/h5-6,14H,7-12H2,1-4H3,(H,23,24)/t14?,19-,20-,21?/m0/s1. The van der Waals surface area contributed by atoms with Crippen LogP contribution in [0.2, 0.25) is 0 Å². The highest BCUT2D eigenvalue weighted by Gasteiger charge is 2.60. The van der Waals surface area contributed by atoms with Gasteiger partial charge in [-0.25, -0.2) is 0 Å². The van der Waals surface area contributed by atoms with E-state index in [1.54, 1.807) is 7.11 Å². The van der Waals surface area contributed by atoms with Gasteiger partial charge in [0.1, 0.15) is 5.75 Å². The third-order valence-corrected chi connectivity index (χ3v) is 7.15. The maximum absolute atomic E-state index is 13.2. The van der Waals surface area contributed by atoms with Crippen LogP contribution in [0.4, 0.5) is 0 Å². The Morgan fingerprint density at radius 1 is 1.16 bits per heavy atom. The van der Waals surface area contributed by atoms with E-state index in [1.807, 2.05) is 19.1 Å². The Morgan fingerprint density at radius 3 is 2.36 bits per heavy atom. The average molecular weight is 406 g/mol. The van der Waals surface area contributed by atoms with Crippen LogP contribution >= 0.6 is 15.9 Å². The summed E-state index contributed by atoms with van der Waals surface area (Å²) in [6.07, 6.45) is 7.35. The first-order valence-electron chi connectivity index (χ1n) is 9.32. The summed E-state index contributed by atoms with van der Waals surface area (Å²) in [5, 5.41) is 3.48. The molecule has 1 aromatic rings. The van der Waals surface area contributed by atoms with E-state index in [2.05, 4.69) is 35.1 Å². The zero-order valence-electron chi connectivity index (χ0n) is 15.7. The molecule has 1 amide bonds. The van der Waals surface area contributed by atoms with E-state index < -0.39 is 0 Å². The van der Waals surface area contributed by atoms with Gasteiger partial charge in [-0.1, -0.05) is 29.8 Å². The molecule has 0 heterocycles. The lowest BCUT2D eigenvalue weighted by molar-refractivity contribution is -0.114. The highest BCUT2D eigenvalue weighted by Crippen LogP contribution is 2.66. The molecule has 4 bridgehead atoms. The Labute approximate surface area is 159 Å². The molecule has 0 spiro atoms. The van der Waals surface area contributed by atoms with Crippen molar-refractivity contribution in [3.8, 4) is 5.75 Å². The fourth-order valence-corrected chi connectivity index (χ4v) is 7.64. The number of amides is 1. The molecule has 136 valence electrons. The van der Waals surface area contributed by atoms with Crippen LogP contribution in [0.15, 0.2) is 16.6 Å². The predicted molar refractivity (Wildman–Crippen MR) is 103 cm³/mol. The topological polar surface area (TPSA) is 38.3 Å². The van der Waals surface area contributed by atoms with Crippen molar-refractivity contribution in [3.63, 3.8) is 0 Å². The number of carbonyl (C=O) groups is 1. The van der Waals surface area contributed by atoms with Crippen molar-refractivity contribution in [3.05, 3.63) is 27.7 Å². The van der Waals surface area contributed by atoms with Crippen LogP contribution in [0.25, 0.3) is 0 Å². The summed E-state index contributed by atoms with van der Waals surface area (Å²) in [4.78, 5) is 13.2. The minimum Gasteiger partial charge on any atom is -0.496 e. The number of carbonyl (C=O) groups excluding carboxylic acids is 1. The molecule has 3 nitrogen and oxygen atoms in total. The third kappa shape index (κ3) is 2.90. The maximum atomic E-state index is 13.2. The number of aryl methyl sites for hydroxylation is 1. The average Bonchev–Trinajstić information content (AvgIpc) is 2.41. The Hall–Kier alpha value is -1.03. The molecule has 2 atom stereocenters. The number of ether oxygens (including phenoxy) is 1. The molecule has 0 unspecified atom stereocenters. The quantitative estimate of drug-likeness (QED) is 0.745. The second-order valence-corrected chi connectivity index (χ2v) is 10.6. The van der Waals surface area contributed by atoms with E-state index in [1.165, 1.54) is 19.3 Å². The number of hydrogen-bond acceptors (Lipinski definition) is 2. The summed E-state index contributed by atoms with van der Waals surface area (Å²) in [5.74, 6) is 1.45. The summed E-state index contributed by atoms with van der Waals surface area (Å²) >= 11 is 3.52. The molecular formula is C21H28BrNO2. The Bertz CT molecular complexity index is 726. The summed E-state index contributed by atoms with van der Waals surface area (Å²) in [6, 6.07) is 3.87. The van der Waals surface area contributed by atoms with Crippen LogP contribution in [0.3, 0.4) is 0 Å². The van der Waals surface area contributed by atoms with Gasteiger partial charge in [0.15, 0.2) is 0 Å². The lowest BCUT2D eigenvalue weighted by atomic mass is 9.43. The van der Waals surface area contributed by atoms with Gasteiger partial charge < -0.3 is 10.1 Å². The van der Waals surface area contributed by atoms with Gasteiger partial charge in [0.2, 0.25) is 0 Å². The third-order valence-electron chi connectivity index (χ3n) is 6.69. The summed E-state index contributed by atoms with van der Waals surface area (Å²) in [5.41, 5.74) is 2.35. The molecule has 4 heteroatoms. The van der Waals surface area contributed by atoms with E-state index in [-0.39, 0.29) is 11.4 Å². The van der Waals surface area contributed by atoms with Gasteiger partial charge >= 0.3 is 0 Å². The Kier molecular flexibility index (Phi) is 3.81. The van der Waals surface area contributed by atoms with Crippen LogP contribution in [0, 0.1) is 23.7 Å². The van der Waals surface area contributed by atoms with E-state index in [0.29, 0.717) is 22.1 Å². The Balaban J connectivity index is 1.66. The van der Waals surface area contributed by atoms with Crippen LogP contribution in [0.5, 0.6) is 5.75 Å². The number of methoxy groups -OCH3 is 1. The smallest absolute Gasteiger partial charge is 0.255 e. The fraction of sp³-hybridized carbons (Fsp3) is 0.667. The van der Waals surface area contributed by atoms with Crippen molar-refractivity contribution in [2.75, 3.05) is 7.11 Å². The van der Waals surface area contributed by atoms with Crippen molar-refractivity contribution in [1.29, 1.82) is 0 Å². The first-order valence-corrected chi connectivity index (χ1v) is 10.1. The summed E-state index contributed by atoms with van der Waals surface area (Å²) < 4.78 is 6.45. The molecule has 4 aliphatic rings. The van der Waals surface area contributed by atoms with Crippen LogP contribution in [0.1, 0.15) is 68.3 Å². The molecule has 4 fully saturated rings. The zero-order chi connectivity index (χ0) is 18.0.